The van der Waals surface area contributed by atoms with Crippen molar-refractivity contribution in [2.24, 2.45) is 4.99 Å². The normalized spacial score (nSPS) is 16.3. The van der Waals surface area contributed by atoms with E-state index in [1.165, 1.54) is 35.1 Å². The summed E-state index contributed by atoms with van der Waals surface area (Å²) in [7, 11) is 1.29. The minimum atomic E-state index is -0.693. The van der Waals surface area contributed by atoms with Crippen LogP contribution in [0.2, 0.25) is 5.02 Å². The lowest BCUT2D eigenvalue weighted by Crippen LogP contribution is -2.39. The van der Waals surface area contributed by atoms with E-state index in [-0.39, 0.29) is 11.4 Å². The van der Waals surface area contributed by atoms with Gasteiger partial charge in [0.25, 0.3) is 5.56 Å². The molecular weight excluding hydrogens is 427 g/mol. The van der Waals surface area contributed by atoms with Crippen LogP contribution >= 0.6 is 22.9 Å². The lowest BCUT2D eigenvalue weighted by atomic mass is 9.96. The number of rotatable bonds is 3. The van der Waals surface area contributed by atoms with E-state index < -0.39 is 12.0 Å². The molecule has 0 saturated heterocycles. The van der Waals surface area contributed by atoms with Crippen LogP contribution in [-0.4, -0.2) is 17.6 Å². The van der Waals surface area contributed by atoms with E-state index in [1.54, 1.807) is 49.4 Å². The molecule has 0 radical (unpaired) electrons. The van der Waals surface area contributed by atoms with Gasteiger partial charge < -0.3 is 4.74 Å². The Morgan fingerprint density at radius 2 is 1.87 bits per heavy atom. The summed E-state index contributed by atoms with van der Waals surface area (Å²) in [5, 5.41) is 0.544. The zero-order valence-electron chi connectivity index (χ0n) is 16.1. The van der Waals surface area contributed by atoms with Gasteiger partial charge in [0.1, 0.15) is 5.82 Å². The zero-order valence-corrected chi connectivity index (χ0v) is 17.6. The fourth-order valence-electron chi connectivity index (χ4n) is 3.36. The topological polar surface area (TPSA) is 60.7 Å². The molecule has 152 valence electrons. The molecule has 1 aliphatic rings. The number of thiazole rings is 1. The van der Waals surface area contributed by atoms with Crippen molar-refractivity contribution in [3.8, 4) is 0 Å². The standard InChI is InChI=1S/C22H16ClFN2O3S/c1-12-18(21(28)29-2)19(14-5-7-15(23)8-6-14)26-20(27)17(30-22(26)25-12)11-13-3-9-16(24)10-4-13/h3-11,19H,1-2H3/b17-11-/t19-/m0/s1. The molecule has 0 spiro atoms. The predicted octanol–water partition coefficient (Wildman–Crippen LogP) is 3.20. The first-order valence-corrected chi connectivity index (χ1v) is 10.2. The SMILES string of the molecule is COC(=O)C1=C(C)N=c2s/c(=C\c3ccc(F)cc3)c(=O)n2[C@H]1c1ccc(Cl)cc1. The van der Waals surface area contributed by atoms with E-state index in [0.717, 1.165) is 0 Å². The number of allylic oxidation sites excluding steroid dienone is 1. The van der Waals surface area contributed by atoms with Crippen LogP contribution in [0.3, 0.4) is 0 Å². The number of benzene rings is 2. The third kappa shape index (κ3) is 3.62. The molecule has 2 heterocycles. The summed E-state index contributed by atoms with van der Waals surface area (Å²) in [6, 6.07) is 12.1. The van der Waals surface area contributed by atoms with Gasteiger partial charge in [-0.3, -0.25) is 9.36 Å². The number of methoxy groups -OCH3 is 1. The van der Waals surface area contributed by atoms with Gasteiger partial charge in [0.15, 0.2) is 4.80 Å². The number of hydrogen-bond donors (Lipinski definition) is 0. The molecule has 2 aromatic carbocycles. The quantitative estimate of drug-likeness (QED) is 0.585. The Kier molecular flexibility index (Phi) is 5.40. The van der Waals surface area contributed by atoms with Crippen LogP contribution in [0.15, 0.2) is 69.6 Å². The summed E-state index contributed by atoms with van der Waals surface area (Å²) >= 11 is 7.23. The smallest absolute Gasteiger partial charge is 0.338 e. The second-order valence-electron chi connectivity index (χ2n) is 6.68. The van der Waals surface area contributed by atoms with Crippen molar-refractivity contribution in [1.29, 1.82) is 0 Å². The van der Waals surface area contributed by atoms with Gasteiger partial charge in [-0.05, 0) is 48.4 Å². The summed E-state index contributed by atoms with van der Waals surface area (Å²) < 4.78 is 20.1. The Bertz CT molecular complexity index is 1340. The predicted molar refractivity (Wildman–Crippen MR) is 114 cm³/mol. The Morgan fingerprint density at radius 1 is 1.20 bits per heavy atom. The summed E-state index contributed by atoms with van der Waals surface area (Å²) in [5.74, 6) is -0.904. The van der Waals surface area contributed by atoms with Gasteiger partial charge in [-0.15, -0.1) is 0 Å². The third-order valence-corrected chi connectivity index (χ3v) is 6.02. The third-order valence-electron chi connectivity index (χ3n) is 4.78. The highest BCUT2D eigenvalue weighted by molar-refractivity contribution is 7.07. The highest BCUT2D eigenvalue weighted by Gasteiger charge is 2.32. The molecule has 1 aromatic heterocycles. The van der Waals surface area contributed by atoms with Crippen molar-refractivity contribution >= 4 is 35.0 Å². The van der Waals surface area contributed by atoms with Crippen LogP contribution in [-0.2, 0) is 9.53 Å². The molecule has 0 N–H and O–H groups in total. The molecule has 0 bridgehead atoms. The van der Waals surface area contributed by atoms with Gasteiger partial charge in [-0.1, -0.05) is 47.2 Å². The van der Waals surface area contributed by atoms with Gasteiger partial charge in [0.2, 0.25) is 0 Å². The summed E-state index contributed by atoms with van der Waals surface area (Å²) in [6.07, 6.45) is 1.68. The average molecular weight is 443 g/mol. The minimum Gasteiger partial charge on any atom is -0.466 e. The lowest BCUT2D eigenvalue weighted by Gasteiger charge is -2.24. The van der Waals surface area contributed by atoms with Crippen LogP contribution in [0.4, 0.5) is 4.39 Å². The maximum absolute atomic E-state index is 13.3. The van der Waals surface area contributed by atoms with Crippen LogP contribution in [0.25, 0.3) is 6.08 Å². The number of hydrogen-bond acceptors (Lipinski definition) is 5. The largest absolute Gasteiger partial charge is 0.466 e. The van der Waals surface area contributed by atoms with Crippen LogP contribution in [0.5, 0.6) is 0 Å². The van der Waals surface area contributed by atoms with Crippen LogP contribution in [0, 0.1) is 5.82 Å². The highest BCUT2D eigenvalue weighted by atomic mass is 35.5. The van der Waals surface area contributed by atoms with Crippen molar-refractivity contribution in [1.82, 2.24) is 4.57 Å². The average Bonchev–Trinajstić information content (AvgIpc) is 3.03. The van der Waals surface area contributed by atoms with Crippen LogP contribution in [0.1, 0.15) is 24.1 Å². The van der Waals surface area contributed by atoms with E-state index in [4.69, 9.17) is 16.3 Å². The van der Waals surface area contributed by atoms with Crippen molar-refractivity contribution in [2.45, 2.75) is 13.0 Å². The van der Waals surface area contributed by atoms with Crippen molar-refractivity contribution in [2.75, 3.05) is 7.11 Å². The molecule has 4 rings (SSSR count). The maximum Gasteiger partial charge on any atom is 0.338 e. The molecule has 0 unspecified atom stereocenters. The number of nitrogens with zero attached hydrogens (tertiary/aromatic N) is 2. The first-order valence-electron chi connectivity index (χ1n) is 9.01. The summed E-state index contributed by atoms with van der Waals surface area (Å²) in [4.78, 5) is 30.8. The number of carbonyl (C=O) groups is 1. The van der Waals surface area contributed by atoms with E-state index >= 15 is 0 Å². The van der Waals surface area contributed by atoms with Gasteiger partial charge >= 0.3 is 5.97 Å². The monoisotopic (exact) mass is 442 g/mol. The molecule has 1 aliphatic heterocycles. The Labute approximate surface area is 180 Å². The number of carbonyl (C=O) groups excluding carboxylic acids is 1. The molecule has 30 heavy (non-hydrogen) atoms. The Balaban J connectivity index is 1.96. The van der Waals surface area contributed by atoms with E-state index in [2.05, 4.69) is 4.99 Å². The van der Waals surface area contributed by atoms with Gasteiger partial charge in [0.05, 0.1) is 29.0 Å². The molecule has 0 aliphatic carbocycles. The zero-order chi connectivity index (χ0) is 21.4. The summed E-state index contributed by atoms with van der Waals surface area (Å²) in [5.41, 5.74) is 1.88. The Morgan fingerprint density at radius 3 is 2.50 bits per heavy atom. The number of esters is 1. The molecule has 1 atom stereocenters. The minimum absolute atomic E-state index is 0.292. The van der Waals surface area contributed by atoms with E-state index in [9.17, 15) is 14.0 Å². The fourth-order valence-corrected chi connectivity index (χ4v) is 4.54. The molecule has 0 fully saturated rings. The van der Waals surface area contributed by atoms with Gasteiger partial charge in [0, 0.05) is 5.02 Å². The number of aromatic nitrogens is 1. The maximum atomic E-state index is 13.3. The highest BCUT2D eigenvalue weighted by Crippen LogP contribution is 2.31. The number of fused-ring (bicyclic) bond motifs is 1. The number of ether oxygens (including phenoxy) is 1. The molecule has 5 nitrogen and oxygen atoms in total. The lowest BCUT2D eigenvalue weighted by molar-refractivity contribution is -0.136. The molecule has 0 amide bonds. The first-order chi connectivity index (χ1) is 14.4. The Hall–Kier alpha value is -3.03. The fraction of sp³-hybridized carbons (Fsp3) is 0.136. The van der Waals surface area contributed by atoms with Crippen LogP contribution < -0.4 is 14.9 Å². The molecule has 3 aromatic rings. The van der Waals surface area contributed by atoms with Crippen molar-refractivity contribution in [3.05, 3.63) is 101 Å². The van der Waals surface area contributed by atoms with Crippen molar-refractivity contribution < 1.29 is 13.9 Å². The van der Waals surface area contributed by atoms with E-state index in [0.29, 0.717) is 36.8 Å². The second-order valence-corrected chi connectivity index (χ2v) is 8.12. The second kappa shape index (κ2) is 8.01. The van der Waals surface area contributed by atoms with E-state index in [1.807, 2.05) is 0 Å². The number of halogens is 2. The molecule has 8 heteroatoms. The van der Waals surface area contributed by atoms with Gasteiger partial charge in [-0.25, -0.2) is 14.2 Å². The summed E-state index contributed by atoms with van der Waals surface area (Å²) in [6.45, 7) is 1.71. The molecular formula is C22H16ClFN2O3S. The molecule has 0 saturated carbocycles. The first kappa shape index (κ1) is 20.3. The van der Waals surface area contributed by atoms with Gasteiger partial charge in [-0.2, -0.15) is 0 Å². The van der Waals surface area contributed by atoms with Crippen molar-refractivity contribution in [3.63, 3.8) is 0 Å².